The molecule has 8 heteroatoms. The van der Waals surface area contributed by atoms with Crippen molar-refractivity contribution in [2.24, 2.45) is 5.92 Å². The molecule has 3 rings (SSSR count). The summed E-state index contributed by atoms with van der Waals surface area (Å²) >= 11 is 0. The van der Waals surface area contributed by atoms with Gasteiger partial charge in [-0.3, -0.25) is 14.5 Å². The molecule has 0 radical (unpaired) electrons. The molecule has 2 aliphatic heterocycles. The van der Waals surface area contributed by atoms with Crippen molar-refractivity contribution in [3.05, 3.63) is 29.8 Å². The fourth-order valence-electron chi connectivity index (χ4n) is 3.46. The van der Waals surface area contributed by atoms with E-state index in [1.54, 1.807) is 36.1 Å². The summed E-state index contributed by atoms with van der Waals surface area (Å²) in [7, 11) is 0. The van der Waals surface area contributed by atoms with Crippen molar-refractivity contribution in [3.8, 4) is 0 Å². The first kappa shape index (κ1) is 20.3. The van der Waals surface area contributed by atoms with Gasteiger partial charge in [0.25, 0.3) is 0 Å². The Morgan fingerprint density at radius 3 is 2.71 bits per heavy atom. The van der Waals surface area contributed by atoms with Gasteiger partial charge in [0.2, 0.25) is 11.8 Å². The first-order valence-electron chi connectivity index (χ1n) is 9.73. The maximum Gasteiger partial charge on any atom is 0.340 e. The molecule has 1 unspecified atom stereocenters. The second-order valence-corrected chi connectivity index (χ2v) is 6.95. The van der Waals surface area contributed by atoms with E-state index in [9.17, 15) is 14.4 Å². The minimum absolute atomic E-state index is 0.00733. The average Bonchev–Trinajstić information content (AvgIpc) is 3.08. The van der Waals surface area contributed by atoms with Gasteiger partial charge in [-0.1, -0.05) is 12.1 Å². The van der Waals surface area contributed by atoms with E-state index < -0.39 is 11.9 Å². The number of amides is 2. The molecule has 2 amide bonds. The van der Waals surface area contributed by atoms with Crippen LogP contribution in [0.3, 0.4) is 0 Å². The van der Waals surface area contributed by atoms with E-state index in [0.717, 1.165) is 32.8 Å². The Kier molecular flexibility index (Phi) is 7.00. The van der Waals surface area contributed by atoms with Gasteiger partial charge in [-0.25, -0.2) is 4.79 Å². The lowest BCUT2D eigenvalue weighted by Gasteiger charge is -2.28. The quantitative estimate of drug-likeness (QED) is 0.700. The smallest absolute Gasteiger partial charge is 0.340 e. The van der Waals surface area contributed by atoms with Crippen LogP contribution in [0.2, 0.25) is 0 Å². The van der Waals surface area contributed by atoms with Gasteiger partial charge in [-0.05, 0) is 19.1 Å². The molecule has 0 aromatic heterocycles. The molecule has 1 atom stereocenters. The fraction of sp³-hybridized carbons (Fsp3) is 0.550. The highest BCUT2D eigenvalue weighted by Gasteiger charge is 2.34. The van der Waals surface area contributed by atoms with Crippen LogP contribution < -0.4 is 5.32 Å². The Labute approximate surface area is 164 Å². The number of carbonyl (C=O) groups is 3. The van der Waals surface area contributed by atoms with Crippen molar-refractivity contribution >= 4 is 23.5 Å². The summed E-state index contributed by atoms with van der Waals surface area (Å²) in [5, 5.41) is 2.79. The number of para-hydroxylation sites is 1. The molecule has 1 N–H and O–H groups in total. The van der Waals surface area contributed by atoms with Crippen LogP contribution in [0.5, 0.6) is 0 Å². The maximum atomic E-state index is 12.7. The van der Waals surface area contributed by atoms with E-state index in [2.05, 4.69) is 10.2 Å². The Morgan fingerprint density at radius 2 is 1.96 bits per heavy atom. The fourth-order valence-corrected chi connectivity index (χ4v) is 3.46. The van der Waals surface area contributed by atoms with Gasteiger partial charge in [-0.15, -0.1) is 0 Å². The zero-order chi connectivity index (χ0) is 19.9. The van der Waals surface area contributed by atoms with Crippen molar-refractivity contribution in [2.75, 3.05) is 57.9 Å². The minimum atomic E-state index is -0.479. The maximum absolute atomic E-state index is 12.7. The molecule has 1 aromatic rings. The van der Waals surface area contributed by atoms with E-state index in [1.807, 2.05) is 0 Å². The summed E-state index contributed by atoms with van der Waals surface area (Å²) in [4.78, 5) is 41.0. The molecule has 152 valence electrons. The minimum Gasteiger partial charge on any atom is -0.462 e. The van der Waals surface area contributed by atoms with Crippen molar-refractivity contribution in [1.82, 2.24) is 9.80 Å². The number of nitrogens with one attached hydrogen (secondary N) is 1. The van der Waals surface area contributed by atoms with Gasteiger partial charge in [-0.2, -0.15) is 0 Å². The lowest BCUT2D eigenvalue weighted by atomic mass is 10.1. The summed E-state index contributed by atoms with van der Waals surface area (Å²) in [5.41, 5.74) is 0.719. The first-order chi connectivity index (χ1) is 13.6. The molecule has 2 aliphatic rings. The van der Waals surface area contributed by atoms with Crippen LogP contribution in [-0.2, 0) is 19.1 Å². The molecular formula is C20H27N3O5. The third-order valence-corrected chi connectivity index (χ3v) is 5.06. The molecule has 28 heavy (non-hydrogen) atoms. The highest BCUT2D eigenvalue weighted by molar-refractivity contribution is 6.03. The first-order valence-corrected chi connectivity index (χ1v) is 9.73. The molecule has 0 aliphatic carbocycles. The van der Waals surface area contributed by atoms with Crippen LogP contribution in [0.25, 0.3) is 0 Å². The van der Waals surface area contributed by atoms with Gasteiger partial charge in [0.05, 0.1) is 37.0 Å². The lowest BCUT2D eigenvalue weighted by Crippen LogP contribution is -2.42. The van der Waals surface area contributed by atoms with Crippen LogP contribution in [0, 0.1) is 5.92 Å². The van der Waals surface area contributed by atoms with Gasteiger partial charge in [0, 0.05) is 39.1 Å². The molecule has 2 fully saturated rings. The Hall–Kier alpha value is -2.45. The second kappa shape index (κ2) is 9.66. The SMILES string of the molecule is CCOC(=O)c1ccccc1NC(=O)C1CC(=O)N(CCN2CCOCC2)C1. The van der Waals surface area contributed by atoms with Gasteiger partial charge >= 0.3 is 5.97 Å². The number of carbonyl (C=O) groups excluding carboxylic acids is 3. The standard InChI is InChI=1S/C20H27N3O5/c1-2-28-20(26)16-5-3-4-6-17(16)21-19(25)15-13-18(24)23(14-15)8-7-22-9-11-27-12-10-22/h3-6,15H,2,7-14H2,1H3,(H,21,25). The van der Waals surface area contributed by atoms with Crippen LogP contribution in [0.1, 0.15) is 23.7 Å². The van der Waals surface area contributed by atoms with E-state index in [-0.39, 0.29) is 24.8 Å². The number of anilines is 1. The largest absolute Gasteiger partial charge is 0.462 e. The molecule has 0 spiro atoms. The number of esters is 1. The summed E-state index contributed by atoms with van der Waals surface area (Å²) in [6.07, 6.45) is 0.191. The van der Waals surface area contributed by atoms with Gasteiger partial charge in [0.1, 0.15) is 0 Å². The zero-order valence-corrected chi connectivity index (χ0v) is 16.2. The summed E-state index contributed by atoms with van der Waals surface area (Å²) in [6.45, 7) is 6.98. The normalized spacial score (nSPS) is 20.2. The molecular weight excluding hydrogens is 362 g/mol. The Balaban J connectivity index is 1.55. The number of hydrogen-bond acceptors (Lipinski definition) is 6. The van der Waals surface area contributed by atoms with Crippen molar-refractivity contribution in [1.29, 1.82) is 0 Å². The lowest BCUT2D eigenvalue weighted by molar-refractivity contribution is -0.128. The third-order valence-electron chi connectivity index (χ3n) is 5.06. The summed E-state index contributed by atoms with van der Waals surface area (Å²) < 4.78 is 10.4. The Bertz CT molecular complexity index is 718. The highest BCUT2D eigenvalue weighted by Crippen LogP contribution is 2.22. The van der Waals surface area contributed by atoms with E-state index in [4.69, 9.17) is 9.47 Å². The van der Waals surface area contributed by atoms with E-state index in [1.165, 1.54) is 0 Å². The van der Waals surface area contributed by atoms with Crippen molar-refractivity contribution in [2.45, 2.75) is 13.3 Å². The number of nitrogens with zero attached hydrogens (tertiary/aromatic N) is 2. The van der Waals surface area contributed by atoms with Crippen molar-refractivity contribution in [3.63, 3.8) is 0 Å². The monoisotopic (exact) mass is 389 g/mol. The van der Waals surface area contributed by atoms with E-state index >= 15 is 0 Å². The van der Waals surface area contributed by atoms with Crippen LogP contribution in [0.4, 0.5) is 5.69 Å². The second-order valence-electron chi connectivity index (χ2n) is 6.95. The summed E-state index contributed by atoms with van der Waals surface area (Å²) in [6, 6.07) is 6.74. The van der Waals surface area contributed by atoms with Crippen molar-refractivity contribution < 1.29 is 23.9 Å². The molecule has 2 saturated heterocycles. The van der Waals surface area contributed by atoms with Crippen LogP contribution in [0.15, 0.2) is 24.3 Å². The van der Waals surface area contributed by atoms with Gasteiger partial charge in [0.15, 0.2) is 0 Å². The number of ether oxygens (including phenoxy) is 2. The third kappa shape index (κ3) is 5.08. The predicted octanol–water partition coefficient (Wildman–Crippen LogP) is 0.983. The van der Waals surface area contributed by atoms with E-state index in [0.29, 0.717) is 24.3 Å². The number of benzene rings is 1. The molecule has 0 saturated carbocycles. The predicted molar refractivity (Wildman–Crippen MR) is 103 cm³/mol. The average molecular weight is 389 g/mol. The molecule has 0 bridgehead atoms. The number of hydrogen-bond donors (Lipinski definition) is 1. The molecule has 1 aromatic carbocycles. The zero-order valence-electron chi connectivity index (χ0n) is 16.2. The van der Waals surface area contributed by atoms with Gasteiger partial charge < -0.3 is 19.7 Å². The van der Waals surface area contributed by atoms with Crippen LogP contribution in [-0.4, -0.2) is 80.1 Å². The Morgan fingerprint density at radius 1 is 1.21 bits per heavy atom. The summed E-state index contributed by atoms with van der Waals surface area (Å²) in [5.74, 6) is -1.16. The molecule has 8 nitrogen and oxygen atoms in total. The number of rotatable bonds is 7. The number of morpholine rings is 1. The number of likely N-dealkylation sites (tertiary alicyclic amines) is 1. The highest BCUT2D eigenvalue weighted by atomic mass is 16.5. The van der Waals surface area contributed by atoms with Crippen LogP contribution >= 0.6 is 0 Å². The molecule has 2 heterocycles. The topological polar surface area (TPSA) is 88.2 Å².